The van der Waals surface area contributed by atoms with Crippen LogP contribution in [0.2, 0.25) is 0 Å². The highest BCUT2D eigenvalue weighted by molar-refractivity contribution is 5.68. The van der Waals surface area contributed by atoms with E-state index in [2.05, 4.69) is 10.3 Å². The number of hydrogen-bond acceptors (Lipinski definition) is 6. The SMILES string of the molecule is COc1cc(-c2cn(CCN)nn2)cc2c1OCO2. The molecule has 1 aliphatic rings. The number of benzene rings is 1. The smallest absolute Gasteiger partial charge is 0.231 e. The standard InChI is InChI=1S/C12H14N4O3/c1-17-10-4-8(5-11-12(10)19-7-18-11)9-6-16(3-2-13)15-14-9/h4-6H,2-3,7,13H2,1H3. The zero-order valence-electron chi connectivity index (χ0n) is 10.5. The normalized spacial score (nSPS) is 12.7. The minimum atomic E-state index is 0.203. The van der Waals surface area contributed by atoms with Crippen molar-refractivity contribution in [2.45, 2.75) is 6.54 Å². The van der Waals surface area contributed by atoms with Gasteiger partial charge in [0.15, 0.2) is 11.5 Å². The van der Waals surface area contributed by atoms with Gasteiger partial charge in [-0.2, -0.15) is 0 Å². The van der Waals surface area contributed by atoms with E-state index >= 15 is 0 Å². The average Bonchev–Trinajstić information content (AvgIpc) is 3.06. The van der Waals surface area contributed by atoms with E-state index < -0.39 is 0 Å². The van der Waals surface area contributed by atoms with Crippen LogP contribution in [0.5, 0.6) is 17.2 Å². The lowest BCUT2D eigenvalue weighted by atomic mass is 10.1. The number of aromatic nitrogens is 3. The number of nitrogens with two attached hydrogens (primary N) is 1. The maximum atomic E-state index is 5.48. The van der Waals surface area contributed by atoms with Crippen molar-refractivity contribution in [3.05, 3.63) is 18.3 Å². The lowest BCUT2D eigenvalue weighted by molar-refractivity contribution is 0.171. The van der Waals surface area contributed by atoms with Crippen LogP contribution in [0.1, 0.15) is 0 Å². The van der Waals surface area contributed by atoms with E-state index in [1.165, 1.54) is 0 Å². The van der Waals surface area contributed by atoms with Crippen LogP contribution in [0.25, 0.3) is 11.3 Å². The van der Waals surface area contributed by atoms with E-state index in [9.17, 15) is 0 Å². The predicted octanol–water partition coefficient (Wildman–Crippen LogP) is 0.641. The van der Waals surface area contributed by atoms with E-state index in [-0.39, 0.29) is 6.79 Å². The van der Waals surface area contributed by atoms with Crippen LogP contribution in [-0.2, 0) is 6.54 Å². The molecule has 0 spiro atoms. The summed E-state index contributed by atoms with van der Waals surface area (Å²) in [6.45, 7) is 1.36. The molecule has 0 unspecified atom stereocenters. The molecule has 100 valence electrons. The first-order chi connectivity index (χ1) is 9.31. The van der Waals surface area contributed by atoms with Gasteiger partial charge in [0.1, 0.15) is 5.69 Å². The molecule has 0 atom stereocenters. The van der Waals surface area contributed by atoms with E-state index in [1.54, 1.807) is 11.8 Å². The number of nitrogens with zero attached hydrogens (tertiary/aromatic N) is 3. The molecule has 7 heteroatoms. The molecule has 2 aromatic rings. The van der Waals surface area contributed by atoms with Crippen LogP contribution in [0, 0.1) is 0 Å². The topological polar surface area (TPSA) is 84.4 Å². The summed E-state index contributed by atoms with van der Waals surface area (Å²) in [5.74, 6) is 1.90. The zero-order valence-corrected chi connectivity index (χ0v) is 10.5. The van der Waals surface area contributed by atoms with Gasteiger partial charge in [-0.05, 0) is 12.1 Å². The van der Waals surface area contributed by atoms with Gasteiger partial charge in [-0.3, -0.25) is 4.68 Å². The number of methoxy groups -OCH3 is 1. The molecule has 0 radical (unpaired) electrons. The minimum absolute atomic E-state index is 0.203. The largest absolute Gasteiger partial charge is 0.493 e. The molecule has 2 heterocycles. The molecule has 0 aliphatic carbocycles. The van der Waals surface area contributed by atoms with Gasteiger partial charge in [-0.25, -0.2) is 0 Å². The molecule has 0 saturated heterocycles. The van der Waals surface area contributed by atoms with Gasteiger partial charge in [0.05, 0.1) is 19.9 Å². The van der Waals surface area contributed by atoms with E-state index in [4.69, 9.17) is 19.9 Å². The van der Waals surface area contributed by atoms with Gasteiger partial charge < -0.3 is 19.9 Å². The van der Waals surface area contributed by atoms with Crippen molar-refractivity contribution in [1.29, 1.82) is 0 Å². The summed E-state index contributed by atoms with van der Waals surface area (Å²) in [6.07, 6.45) is 1.84. The monoisotopic (exact) mass is 262 g/mol. The minimum Gasteiger partial charge on any atom is -0.493 e. The first-order valence-corrected chi connectivity index (χ1v) is 5.90. The summed E-state index contributed by atoms with van der Waals surface area (Å²) in [6, 6.07) is 3.71. The Morgan fingerprint density at radius 2 is 2.32 bits per heavy atom. The van der Waals surface area contributed by atoms with Gasteiger partial charge in [-0.1, -0.05) is 5.21 Å². The highest BCUT2D eigenvalue weighted by atomic mass is 16.7. The quantitative estimate of drug-likeness (QED) is 0.870. The Hall–Kier alpha value is -2.28. The van der Waals surface area contributed by atoms with Gasteiger partial charge in [-0.15, -0.1) is 5.10 Å². The number of hydrogen-bond donors (Lipinski definition) is 1. The summed E-state index contributed by atoms with van der Waals surface area (Å²) >= 11 is 0. The molecule has 0 bridgehead atoms. The van der Waals surface area contributed by atoms with Crippen LogP contribution in [0.15, 0.2) is 18.3 Å². The maximum absolute atomic E-state index is 5.48. The van der Waals surface area contributed by atoms with Crippen LogP contribution in [-0.4, -0.2) is 35.4 Å². The lowest BCUT2D eigenvalue weighted by Gasteiger charge is -2.06. The Balaban J connectivity index is 2.00. The van der Waals surface area contributed by atoms with Gasteiger partial charge >= 0.3 is 0 Å². The Morgan fingerprint density at radius 3 is 3.11 bits per heavy atom. The van der Waals surface area contributed by atoms with Crippen molar-refractivity contribution in [2.75, 3.05) is 20.4 Å². The van der Waals surface area contributed by atoms with Crippen LogP contribution in [0.3, 0.4) is 0 Å². The second kappa shape index (κ2) is 4.77. The van der Waals surface area contributed by atoms with Crippen LogP contribution in [0.4, 0.5) is 0 Å². The first kappa shape index (κ1) is 11.8. The average molecular weight is 262 g/mol. The Bertz CT molecular complexity index is 597. The van der Waals surface area contributed by atoms with E-state index in [0.717, 1.165) is 11.3 Å². The molecule has 1 aliphatic heterocycles. The zero-order chi connectivity index (χ0) is 13.2. The van der Waals surface area contributed by atoms with Gasteiger partial charge in [0.25, 0.3) is 0 Å². The second-order valence-corrected chi connectivity index (χ2v) is 4.07. The molecule has 1 aromatic heterocycles. The Kier molecular flexibility index (Phi) is 2.96. The van der Waals surface area contributed by atoms with E-state index in [0.29, 0.717) is 30.3 Å². The Morgan fingerprint density at radius 1 is 1.42 bits per heavy atom. The summed E-state index contributed by atoms with van der Waals surface area (Å²) in [4.78, 5) is 0. The van der Waals surface area contributed by atoms with Crippen molar-refractivity contribution in [2.24, 2.45) is 5.73 Å². The third-order valence-electron chi connectivity index (χ3n) is 2.85. The maximum Gasteiger partial charge on any atom is 0.231 e. The molecule has 2 N–H and O–H groups in total. The first-order valence-electron chi connectivity index (χ1n) is 5.90. The summed E-state index contributed by atoms with van der Waals surface area (Å²) in [5, 5.41) is 8.12. The third-order valence-corrected chi connectivity index (χ3v) is 2.85. The highest BCUT2D eigenvalue weighted by Crippen LogP contribution is 2.43. The Labute approximate surface area is 109 Å². The van der Waals surface area contributed by atoms with Crippen molar-refractivity contribution in [3.8, 4) is 28.5 Å². The predicted molar refractivity (Wildman–Crippen MR) is 67.2 cm³/mol. The highest BCUT2D eigenvalue weighted by Gasteiger charge is 2.21. The molecule has 0 saturated carbocycles. The summed E-state index contributed by atoms with van der Waals surface area (Å²) < 4.78 is 17.7. The number of ether oxygens (including phenoxy) is 3. The van der Waals surface area contributed by atoms with Crippen molar-refractivity contribution in [3.63, 3.8) is 0 Å². The third kappa shape index (κ3) is 2.08. The van der Waals surface area contributed by atoms with Gasteiger partial charge in [0, 0.05) is 12.1 Å². The van der Waals surface area contributed by atoms with Crippen LogP contribution >= 0.6 is 0 Å². The van der Waals surface area contributed by atoms with Crippen molar-refractivity contribution < 1.29 is 14.2 Å². The molecule has 19 heavy (non-hydrogen) atoms. The fourth-order valence-corrected chi connectivity index (χ4v) is 1.95. The molecule has 0 amide bonds. The van der Waals surface area contributed by atoms with Crippen molar-refractivity contribution in [1.82, 2.24) is 15.0 Å². The lowest BCUT2D eigenvalue weighted by Crippen LogP contribution is -2.10. The second-order valence-electron chi connectivity index (χ2n) is 4.07. The molecule has 1 aromatic carbocycles. The summed E-state index contributed by atoms with van der Waals surface area (Å²) in [7, 11) is 1.59. The fraction of sp³-hybridized carbons (Fsp3) is 0.333. The van der Waals surface area contributed by atoms with Crippen LogP contribution < -0.4 is 19.9 Å². The molecule has 0 fully saturated rings. The molecular formula is C12H14N4O3. The van der Waals surface area contributed by atoms with E-state index in [1.807, 2.05) is 18.3 Å². The fourth-order valence-electron chi connectivity index (χ4n) is 1.95. The van der Waals surface area contributed by atoms with Crippen molar-refractivity contribution >= 4 is 0 Å². The molecule has 7 nitrogen and oxygen atoms in total. The van der Waals surface area contributed by atoms with Gasteiger partial charge in [0.2, 0.25) is 12.5 Å². The molecular weight excluding hydrogens is 248 g/mol. The number of fused-ring (bicyclic) bond motifs is 1. The molecule has 3 rings (SSSR count). The number of rotatable bonds is 4. The summed E-state index contributed by atoms with van der Waals surface area (Å²) in [5.41, 5.74) is 7.09.